The Kier molecular flexibility index (Phi) is 9.01. The van der Waals surface area contributed by atoms with Crippen molar-refractivity contribution in [3.8, 4) is 0 Å². The lowest BCUT2D eigenvalue weighted by Crippen LogP contribution is -2.54. The van der Waals surface area contributed by atoms with E-state index in [2.05, 4.69) is 10.6 Å². The van der Waals surface area contributed by atoms with Gasteiger partial charge in [-0.1, -0.05) is 78.9 Å². The van der Waals surface area contributed by atoms with E-state index >= 15 is 0 Å². The molecule has 3 rings (SSSR count). The van der Waals surface area contributed by atoms with Gasteiger partial charge in [-0.3, -0.25) is 9.59 Å². The van der Waals surface area contributed by atoms with Crippen LogP contribution in [0.4, 0.5) is 4.79 Å². The number of primary amides is 1. The summed E-state index contributed by atoms with van der Waals surface area (Å²) >= 11 is 0. The third kappa shape index (κ3) is 7.99. The highest BCUT2D eigenvalue weighted by molar-refractivity contribution is 5.91. The van der Waals surface area contributed by atoms with E-state index in [0.29, 0.717) is 0 Å². The lowest BCUT2D eigenvalue weighted by molar-refractivity contribution is -0.128. The first-order valence-corrected chi connectivity index (χ1v) is 11.5. The number of carbonyl (C=O) groups excluding carboxylic acids is 3. The fourth-order valence-electron chi connectivity index (χ4n) is 3.63. The minimum absolute atomic E-state index is 0.0725. The van der Waals surface area contributed by atoms with Gasteiger partial charge in [0.25, 0.3) is 0 Å². The fraction of sp³-hybridized carbons (Fsp3) is 0.250. The molecule has 0 fully saturated rings. The van der Waals surface area contributed by atoms with Gasteiger partial charge in [0.05, 0.1) is 0 Å². The number of amides is 3. The molecule has 7 heteroatoms. The molecule has 0 saturated heterocycles. The third-order valence-corrected chi connectivity index (χ3v) is 5.78. The zero-order valence-electron chi connectivity index (χ0n) is 20.0. The molecule has 3 amide bonds. The molecule has 182 valence electrons. The minimum Gasteiger partial charge on any atom is -0.445 e. The molecule has 7 nitrogen and oxygen atoms in total. The zero-order chi connectivity index (χ0) is 25.2. The van der Waals surface area contributed by atoms with Gasteiger partial charge in [-0.2, -0.15) is 0 Å². The molecule has 4 N–H and O–H groups in total. The predicted octanol–water partition coefficient (Wildman–Crippen LogP) is 3.35. The molecule has 0 heterocycles. The second-order valence-corrected chi connectivity index (χ2v) is 8.53. The number of rotatable bonds is 10. The standard InChI is InChI=1S/C28H31N3O4/c1-19-13-14-23(15-20(19)2)17-24(26(29)32)30-27(33)25(16-21-9-5-3-6-10-21)31-28(34)35-18-22-11-7-4-8-12-22/h3-15,24-25H,16-18H2,1-2H3,(H2,29,32)(H,30,33)(H,31,34)/t24-,25+/m0/s1. The molecule has 0 aliphatic heterocycles. The first-order valence-electron chi connectivity index (χ1n) is 11.5. The molecule has 0 aliphatic carbocycles. The molecule has 0 aliphatic rings. The second kappa shape index (κ2) is 12.4. The highest BCUT2D eigenvalue weighted by Gasteiger charge is 2.27. The Hall–Kier alpha value is -4.13. The summed E-state index contributed by atoms with van der Waals surface area (Å²) in [4.78, 5) is 37.8. The molecule has 0 saturated carbocycles. The quantitative estimate of drug-likeness (QED) is 0.419. The SMILES string of the molecule is Cc1ccc(C[C@H](NC(=O)[C@@H](Cc2ccccc2)NC(=O)OCc2ccccc2)C(N)=O)cc1C. The highest BCUT2D eigenvalue weighted by atomic mass is 16.5. The van der Waals surface area contributed by atoms with E-state index < -0.39 is 30.0 Å². The van der Waals surface area contributed by atoms with E-state index in [4.69, 9.17) is 10.5 Å². The van der Waals surface area contributed by atoms with Crippen molar-refractivity contribution in [2.75, 3.05) is 0 Å². The lowest BCUT2D eigenvalue weighted by atomic mass is 9.99. The minimum atomic E-state index is -0.956. The summed E-state index contributed by atoms with van der Waals surface area (Å²) in [7, 11) is 0. The van der Waals surface area contributed by atoms with Crippen molar-refractivity contribution in [1.82, 2.24) is 10.6 Å². The summed E-state index contributed by atoms with van der Waals surface area (Å²) in [5.74, 6) is -1.17. The van der Waals surface area contributed by atoms with Crippen molar-refractivity contribution >= 4 is 17.9 Å². The van der Waals surface area contributed by atoms with Gasteiger partial charge in [0.15, 0.2) is 0 Å². The zero-order valence-corrected chi connectivity index (χ0v) is 20.0. The summed E-state index contributed by atoms with van der Waals surface area (Å²) in [6.07, 6.45) is -0.254. The molecule has 0 spiro atoms. The molecule has 0 radical (unpaired) electrons. The van der Waals surface area contributed by atoms with Gasteiger partial charge in [-0.15, -0.1) is 0 Å². The molecule has 0 aromatic heterocycles. The van der Waals surface area contributed by atoms with Gasteiger partial charge >= 0.3 is 6.09 Å². The fourth-order valence-corrected chi connectivity index (χ4v) is 3.63. The number of benzene rings is 3. The molecule has 0 bridgehead atoms. The number of hydrogen-bond acceptors (Lipinski definition) is 4. The van der Waals surface area contributed by atoms with E-state index in [1.165, 1.54) is 0 Å². The Labute approximate surface area is 205 Å². The lowest BCUT2D eigenvalue weighted by Gasteiger charge is -2.22. The van der Waals surface area contributed by atoms with Gasteiger partial charge < -0.3 is 21.1 Å². The molecular formula is C28H31N3O4. The number of aryl methyl sites for hydroxylation is 2. The maximum absolute atomic E-state index is 13.2. The number of alkyl carbamates (subject to hydrolysis) is 1. The van der Waals surface area contributed by atoms with Crippen molar-refractivity contribution in [2.24, 2.45) is 5.73 Å². The highest BCUT2D eigenvalue weighted by Crippen LogP contribution is 2.12. The average Bonchev–Trinajstić information content (AvgIpc) is 2.85. The third-order valence-electron chi connectivity index (χ3n) is 5.78. The van der Waals surface area contributed by atoms with E-state index in [-0.39, 0.29) is 19.4 Å². The Balaban J connectivity index is 1.70. The van der Waals surface area contributed by atoms with Crippen LogP contribution in [0.5, 0.6) is 0 Å². The maximum atomic E-state index is 13.2. The van der Waals surface area contributed by atoms with Crippen LogP contribution in [0.1, 0.15) is 27.8 Å². The molecule has 2 atom stereocenters. The largest absolute Gasteiger partial charge is 0.445 e. The first kappa shape index (κ1) is 25.5. The van der Waals surface area contributed by atoms with Crippen LogP contribution in [0.25, 0.3) is 0 Å². The summed E-state index contributed by atoms with van der Waals surface area (Å²) < 4.78 is 5.30. The van der Waals surface area contributed by atoms with Gasteiger partial charge in [0, 0.05) is 12.8 Å². The predicted molar refractivity (Wildman–Crippen MR) is 134 cm³/mol. The van der Waals surface area contributed by atoms with Crippen LogP contribution >= 0.6 is 0 Å². The molecule has 35 heavy (non-hydrogen) atoms. The Morgan fingerprint density at radius 2 is 1.34 bits per heavy atom. The van der Waals surface area contributed by atoms with E-state index in [0.717, 1.165) is 27.8 Å². The van der Waals surface area contributed by atoms with Crippen LogP contribution in [0.2, 0.25) is 0 Å². The normalized spacial score (nSPS) is 12.3. The Morgan fingerprint density at radius 1 is 0.743 bits per heavy atom. The van der Waals surface area contributed by atoms with Crippen LogP contribution in [0.15, 0.2) is 78.9 Å². The van der Waals surface area contributed by atoms with Crippen LogP contribution < -0.4 is 16.4 Å². The molecular weight excluding hydrogens is 442 g/mol. The van der Waals surface area contributed by atoms with Gasteiger partial charge in [0.2, 0.25) is 11.8 Å². The number of nitrogens with two attached hydrogens (primary N) is 1. The average molecular weight is 474 g/mol. The van der Waals surface area contributed by atoms with Gasteiger partial charge in [0.1, 0.15) is 18.7 Å². The first-order chi connectivity index (χ1) is 16.8. The van der Waals surface area contributed by atoms with E-state index in [1.54, 1.807) is 0 Å². The summed E-state index contributed by atoms with van der Waals surface area (Å²) in [5.41, 5.74) is 10.4. The van der Waals surface area contributed by atoms with Gasteiger partial charge in [-0.05, 0) is 41.7 Å². The van der Waals surface area contributed by atoms with Crippen LogP contribution in [0.3, 0.4) is 0 Å². The van der Waals surface area contributed by atoms with Crippen LogP contribution in [0, 0.1) is 13.8 Å². The van der Waals surface area contributed by atoms with E-state index in [9.17, 15) is 14.4 Å². The molecule has 3 aromatic carbocycles. The summed E-state index contributed by atoms with van der Waals surface area (Å²) in [6.45, 7) is 4.06. The maximum Gasteiger partial charge on any atom is 0.408 e. The summed E-state index contributed by atoms with van der Waals surface area (Å²) in [6, 6.07) is 22.5. The smallest absolute Gasteiger partial charge is 0.408 e. The molecule has 0 unspecified atom stereocenters. The second-order valence-electron chi connectivity index (χ2n) is 8.53. The van der Waals surface area contributed by atoms with Crippen LogP contribution in [-0.2, 0) is 33.8 Å². The number of ether oxygens (including phenoxy) is 1. The number of hydrogen-bond donors (Lipinski definition) is 3. The number of carbonyl (C=O) groups is 3. The topological polar surface area (TPSA) is 111 Å². The van der Waals surface area contributed by atoms with Crippen LogP contribution in [-0.4, -0.2) is 30.0 Å². The van der Waals surface area contributed by atoms with Gasteiger partial charge in [-0.25, -0.2) is 4.79 Å². The monoisotopic (exact) mass is 473 g/mol. The van der Waals surface area contributed by atoms with E-state index in [1.807, 2.05) is 92.7 Å². The van der Waals surface area contributed by atoms with Crippen molar-refractivity contribution < 1.29 is 19.1 Å². The van der Waals surface area contributed by atoms with Crippen molar-refractivity contribution in [1.29, 1.82) is 0 Å². The summed E-state index contributed by atoms with van der Waals surface area (Å²) in [5, 5.41) is 5.35. The van der Waals surface area contributed by atoms with Crippen molar-refractivity contribution in [3.63, 3.8) is 0 Å². The number of nitrogens with one attached hydrogen (secondary N) is 2. The Morgan fingerprint density at radius 3 is 1.94 bits per heavy atom. The molecule has 3 aromatic rings. The van der Waals surface area contributed by atoms with Crippen molar-refractivity contribution in [2.45, 2.75) is 45.4 Å². The van der Waals surface area contributed by atoms with Crippen molar-refractivity contribution in [3.05, 3.63) is 107 Å². The Bertz CT molecular complexity index is 1150.